The van der Waals surface area contributed by atoms with Gasteiger partial charge in [-0.2, -0.15) is 0 Å². The van der Waals surface area contributed by atoms with Crippen molar-refractivity contribution >= 4 is 43.8 Å². The van der Waals surface area contributed by atoms with Gasteiger partial charge in [-0.1, -0.05) is 31.9 Å². The fraction of sp³-hybridized carbons (Fsp3) is 0.600. The zero-order valence-electron chi connectivity index (χ0n) is 10.6. The monoisotopic (exact) mass is 427 g/mol. The maximum Gasteiger partial charge on any atom is 0.348 e. The second-order valence-corrected chi connectivity index (χ2v) is 6.85. The summed E-state index contributed by atoms with van der Waals surface area (Å²) in [6, 6.07) is -2.70. The van der Waals surface area contributed by atoms with Crippen molar-refractivity contribution in [3.8, 4) is 0 Å². The van der Waals surface area contributed by atoms with Gasteiger partial charge < -0.3 is 10.2 Å². The van der Waals surface area contributed by atoms with E-state index in [1.807, 2.05) is 0 Å². The molecule has 0 fully saturated rings. The van der Waals surface area contributed by atoms with Crippen molar-refractivity contribution in [2.45, 2.75) is 35.2 Å². The molecule has 0 saturated heterocycles. The standard InChI is InChI=1S/C10H11Br2N3O6/c1-3(7(16)17)14-9(20)13-2-4(11)5(12)6(8(18)19)15(13)10(14)21/h3-6H,2H2,1H3,(H,16,17)(H,18,19). The summed E-state index contributed by atoms with van der Waals surface area (Å²) in [7, 11) is 0. The van der Waals surface area contributed by atoms with E-state index in [9.17, 15) is 24.3 Å². The Kier molecular flexibility index (Phi) is 4.15. The Morgan fingerprint density at radius 2 is 1.81 bits per heavy atom. The molecule has 0 spiro atoms. The lowest BCUT2D eigenvalue weighted by Crippen LogP contribution is -2.48. The van der Waals surface area contributed by atoms with Gasteiger partial charge in [-0.15, -0.1) is 0 Å². The number of carboxylic acid groups (broad SMARTS) is 2. The molecule has 4 atom stereocenters. The first-order chi connectivity index (χ1) is 9.68. The molecule has 1 aromatic heterocycles. The maximum atomic E-state index is 12.3. The maximum absolute atomic E-state index is 12.3. The Morgan fingerprint density at radius 3 is 2.29 bits per heavy atom. The number of nitrogens with zero attached hydrogens (tertiary/aromatic N) is 3. The third kappa shape index (κ3) is 2.37. The zero-order valence-corrected chi connectivity index (χ0v) is 13.8. The highest BCUT2D eigenvalue weighted by atomic mass is 79.9. The van der Waals surface area contributed by atoms with Crippen LogP contribution in [0.5, 0.6) is 0 Å². The Bertz CT molecular complexity index is 719. The van der Waals surface area contributed by atoms with Gasteiger partial charge in [-0.3, -0.25) is 0 Å². The van der Waals surface area contributed by atoms with Crippen molar-refractivity contribution in [1.29, 1.82) is 0 Å². The second kappa shape index (κ2) is 5.44. The minimum Gasteiger partial charge on any atom is -0.480 e. The van der Waals surface area contributed by atoms with Crippen molar-refractivity contribution in [3.05, 3.63) is 21.0 Å². The molecule has 0 radical (unpaired) electrons. The van der Waals surface area contributed by atoms with Gasteiger partial charge in [0.15, 0.2) is 6.04 Å². The first-order valence-electron chi connectivity index (χ1n) is 5.86. The predicted octanol–water partition coefficient (Wildman–Crippen LogP) is -0.377. The molecule has 0 bridgehead atoms. The van der Waals surface area contributed by atoms with E-state index < -0.39 is 45.1 Å². The van der Waals surface area contributed by atoms with Gasteiger partial charge in [-0.25, -0.2) is 33.1 Å². The molecule has 0 aliphatic carbocycles. The largest absolute Gasteiger partial charge is 0.480 e. The third-order valence-electron chi connectivity index (χ3n) is 3.34. The van der Waals surface area contributed by atoms with Crippen molar-refractivity contribution in [3.63, 3.8) is 0 Å². The van der Waals surface area contributed by atoms with E-state index in [2.05, 4.69) is 31.9 Å². The number of fused-ring (bicyclic) bond motifs is 1. The molecule has 9 nitrogen and oxygen atoms in total. The van der Waals surface area contributed by atoms with Crippen LogP contribution in [0.2, 0.25) is 0 Å². The van der Waals surface area contributed by atoms with Crippen LogP contribution in [-0.2, 0) is 16.1 Å². The molecule has 1 aliphatic rings. The minimum atomic E-state index is -1.38. The van der Waals surface area contributed by atoms with Crippen LogP contribution in [0.25, 0.3) is 0 Å². The smallest absolute Gasteiger partial charge is 0.348 e. The van der Waals surface area contributed by atoms with E-state index in [4.69, 9.17) is 5.11 Å². The lowest BCUT2D eigenvalue weighted by atomic mass is 10.1. The SMILES string of the molecule is CC(C(=O)O)n1c(=O)n2n(c1=O)C(C(=O)O)C(Br)C(Br)C2. The summed E-state index contributed by atoms with van der Waals surface area (Å²) in [6.45, 7) is 1.23. The summed E-state index contributed by atoms with van der Waals surface area (Å²) < 4.78 is 2.29. The van der Waals surface area contributed by atoms with E-state index in [0.717, 1.165) is 9.36 Å². The Morgan fingerprint density at radius 1 is 1.24 bits per heavy atom. The lowest BCUT2D eigenvalue weighted by molar-refractivity contribution is -0.142. The van der Waals surface area contributed by atoms with Crippen LogP contribution in [0.3, 0.4) is 0 Å². The lowest BCUT2D eigenvalue weighted by Gasteiger charge is -2.30. The molecular weight excluding hydrogens is 418 g/mol. The molecule has 4 unspecified atom stereocenters. The van der Waals surface area contributed by atoms with Gasteiger partial charge in [0.25, 0.3) is 0 Å². The Hall–Kier alpha value is -1.36. The number of hydrogen-bond donors (Lipinski definition) is 2. The fourth-order valence-electron chi connectivity index (χ4n) is 2.23. The molecule has 2 N–H and O–H groups in total. The molecule has 2 heterocycles. The first-order valence-corrected chi connectivity index (χ1v) is 7.69. The molecule has 116 valence electrons. The molecule has 2 rings (SSSR count). The van der Waals surface area contributed by atoms with Gasteiger partial charge in [-0.05, 0) is 6.92 Å². The predicted molar refractivity (Wildman–Crippen MR) is 77.4 cm³/mol. The number of carboxylic acids is 2. The van der Waals surface area contributed by atoms with Crippen LogP contribution in [0.1, 0.15) is 19.0 Å². The summed E-state index contributed by atoms with van der Waals surface area (Å²) in [5.41, 5.74) is -1.80. The summed E-state index contributed by atoms with van der Waals surface area (Å²) in [4.78, 5) is 45.9. The number of halogens is 2. The summed E-state index contributed by atoms with van der Waals surface area (Å²) in [6.07, 6.45) is 0. The van der Waals surface area contributed by atoms with Crippen molar-refractivity contribution < 1.29 is 19.8 Å². The van der Waals surface area contributed by atoms with Crippen LogP contribution < -0.4 is 11.4 Å². The second-order valence-electron chi connectivity index (χ2n) is 4.62. The number of aromatic nitrogens is 3. The molecule has 11 heteroatoms. The molecule has 21 heavy (non-hydrogen) atoms. The van der Waals surface area contributed by atoms with Crippen molar-refractivity contribution in [1.82, 2.24) is 13.9 Å². The Balaban J connectivity index is 2.76. The minimum absolute atomic E-state index is 0.0487. The topological polar surface area (TPSA) is 124 Å². The average molecular weight is 429 g/mol. The highest BCUT2D eigenvalue weighted by molar-refractivity contribution is 9.12. The molecule has 0 aromatic carbocycles. The van der Waals surface area contributed by atoms with Crippen molar-refractivity contribution in [2.24, 2.45) is 0 Å². The molecular formula is C10H11Br2N3O6. The number of hydrogen-bond acceptors (Lipinski definition) is 4. The number of aliphatic carboxylic acids is 2. The fourth-order valence-corrected chi connectivity index (χ4v) is 3.41. The Labute approximate surface area is 134 Å². The number of carbonyl (C=O) groups is 2. The number of rotatable bonds is 3. The average Bonchev–Trinajstić information content (AvgIpc) is 2.62. The summed E-state index contributed by atoms with van der Waals surface area (Å²) >= 11 is 6.45. The third-order valence-corrected chi connectivity index (χ3v) is 6.05. The summed E-state index contributed by atoms with van der Waals surface area (Å²) in [5, 5.41) is 18.3. The normalized spacial score (nSPS) is 26.1. The van der Waals surface area contributed by atoms with Crippen LogP contribution in [-0.4, -0.2) is 45.7 Å². The van der Waals surface area contributed by atoms with E-state index in [-0.39, 0.29) is 6.54 Å². The van der Waals surface area contributed by atoms with Gasteiger partial charge in [0.1, 0.15) is 6.04 Å². The summed E-state index contributed by atoms with van der Waals surface area (Å²) in [5.74, 6) is -2.65. The number of alkyl halides is 2. The van der Waals surface area contributed by atoms with E-state index in [1.165, 1.54) is 6.92 Å². The highest BCUT2D eigenvalue weighted by Crippen LogP contribution is 2.30. The van der Waals surface area contributed by atoms with E-state index >= 15 is 0 Å². The van der Waals surface area contributed by atoms with Crippen LogP contribution in [0, 0.1) is 0 Å². The van der Waals surface area contributed by atoms with Crippen LogP contribution in [0.4, 0.5) is 0 Å². The molecule has 1 aliphatic heterocycles. The molecule has 0 saturated carbocycles. The van der Waals surface area contributed by atoms with Gasteiger partial charge in [0, 0.05) is 4.83 Å². The molecule has 0 amide bonds. The quantitative estimate of drug-likeness (QED) is 0.632. The van der Waals surface area contributed by atoms with Crippen molar-refractivity contribution in [2.75, 3.05) is 0 Å². The van der Waals surface area contributed by atoms with Gasteiger partial charge in [0.2, 0.25) is 0 Å². The molecule has 1 aromatic rings. The van der Waals surface area contributed by atoms with E-state index in [0.29, 0.717) is 4.57 Å². The van der Waals surface area contributed by atoms with Crippen LogP contribution in [0.15, 0.2) is 9.59 Å². The zero-order chi connectivity index (χ0) is 16.1. The highest BCUT2D eigenvalue weighted by Gasteiger charge is 2.42. The first kappa shape index (κ1) is 16.0. The van der Waals surface area contributed by atoms with Gasteiger partial charge in [0.05, 0.1) is 11.4 Å². The van der Waals surface area contributed by atoms with Gasteiger partial charge >= 0.3 is 23.3 Å². The van der Waals surface area contributed by atoms with Crippen LogP contribution >= 0.6 is 31.9 Å². The van der Waals surface area contributed by atoms with E-state index in [1.54, 1.807) is 0 Å².